The van der Waals surface area contributed by atoms with Gasteiger partial charge in [-0.05, 0) is 55.4 Å². The first-order valence-electron chi connectivity index (χ1n) is 9.82. The van der Waals surface area contributed by atoms with E-state index >= 15 is 0 Å². The third kappa shape index (κ3) is 4.72. The maximum absolute atomic E-state index is 12.9. The zero-order valence-corrected chi connectivity index (χ0v) is 17.3. The van der Waals surface area contributed by atoms with E-state index in [4.69, 9.17) is 4.74 Å². The van der Waals surface area contributed by atoms with E-state index in [-0.39, 0.29) is 23.0 Å². The maximum Gasteiger partial charge on any atom is 0.338 e. The summed E-state index contributed by atoms with van der Waals surface area (Å²) in [7, 11) is -3.59. The van der Waals surface area contributed by atoms with Crippen molar-refractivity contribution < 1.29 is 22.7 Å². The molecule has 0 aromatic heterocycles. The SMILES string of the molecule is C[C@@H]1C[C@H](C)CN(S(=O)(=O)c2ccc(C(=O)OCC(=O)N3CCCC3)cc2)C1. The lowest BCUT2D eigenvalue weighted by atomic mass is 9.94. The fourth-order valence-corrected chi connectivity index (χ4v) is 5.66. The molecule has 2 fully saturated rings. The van der Waals surface area contributed by atoms with E-state index in [2.05, 4.69) is 13.8 Å². The second kappa shape index (κ2) is 8.61. The summed E-state index contributed by atoms with van der Waals surface area (Å²) in [5.74, 6) is -0.183. The van der Waals surface area contributed by atoms with Crippen molar-refractivity contribution in [3.8, 4) is 0 Å². The van der Waals surface area contributed by atoms with E-state index in [1.54, 1.807) is 4.90 Å². The van der Waals surface area contributed by atoms with Crippen LogP contribution in [0.1, 0.15) is 43.5 Å². The molecule has 8 heteroatoms. The third-order valence-electron chi connectivity index (χ3n) is 5.35. The quantitative estimate of drug-likeness (QED) is 0.697. The van der Waals surface area contributed by atoms with Gasteiger partial charge in [0.1, 0.15) is 0 Å². The molecular formula is C20H28N2O5S. The van der Waals surface area contributed by atoms with Gasteiger partial charge in [-0.1, -0.05) is 13.8 Å². The first-order chi connectivity index (χ1) is 13.3. The predicted molar refractivity (Wildman–Crippen MR) is 104 cm³/mol. The van der Waals surface area contributed by atoms with E-state index in [0.717, 1.165) is 19.3 Å². The fourth-order valence-electron chi connectivity index (χ4n) is 3.98. The van der Waals surface area contributed by atoms with Gasteiger partial charge in [-0.2, -0.15) is 4.31 Å². The number of benzene rings is 1. The maximum atomic E-state index is 12.9. The zero-order valence-electron chi connectivity index (χ0n) is 16.5. The lowest BCUT2D eigenvalue weighted by Gasteiger charge is -2.34. The van der Waals surface area contributed by atoms with Crippen molar-refractivity contribution in [3.63, 3.8) is 0 Å². The first kappa shape index (κ1) is 20.8. The van der Waals surface area contributed by atoms with Crippen molar-refractivity contribution in [2.75, 3.05) is 32.8 Å². The van der Waals surface area contributed by atoms with Crippen LogP contribution in [0.4, 0.5) is 0 Å². The summed E-state index contributed by atoms with van der Waals surface area (Å²) >= 11 is 0. The molecule has 2 atom stereocenters. The number of ether oxygens (including phenoxy) is 1. The molecule has 2 aliphatic rings. The second-order valence-corrected chi connectivity index (χ2v) is 9.89. The van der Waals surface area contributed by atoms with Crippen LogP contribution in [0, 0.1) is 11.8 Å². The van der Waals surface area contributed by atoms with Crippen LogP contribution in [0.2, 0.25) is 0 Å². The van der Waals surface area contributed by atoms with Crippen LogP contribution in [0.25, 0.3) is 0 Å². The smallest absolute Gasteiger partial charge is 0.338 e. The van der Waals surface area contributed by atoms with Gasteiger partial charge in [-0.25, -0.2) is 13.2 Å². The number of rotatable bonds is 5. The number of amides is 1. The number of nitrogens with zero attached hydrogens (tertiary/aromatic N) is 2. The molecule has 2 heterocycles. The van der Waals surface area contributed by atoms with Gasteiger partial charge in [0.25, 0.3) is 5.91 Å². The highest BCUT2D eigenvalue weighted by Crippen LogP contribution is 2.26. The second-order valence-electron chi connectivity index (χ2n) is 7.96. The molecule has 0 radical (unpaired) electrons. The number of hydrogen-bond acceptors (Lipinski definition) is 5. The van der Waals surface area contributed by atoms with Gasteiger partial charge in [0.15, 0.2) is 6.61 Å². The van der Waals surface area contributed by atoms with Crippen molar-refractivity contribution >= 4 is 21.9 Å². The average molecular weight is 409 g/mol. The molecular weight excluding hydrogens is 380 g/mol. The van der Waals surface area contributed by atoms with Gasteiger partial charge >= 0.3 is 5.97 Å². The standard InChI is InChI=1S/C20H28N2O5S/c1-15-11-16(2)13-22(12-15)28(25,26)18-7-5-17(6-8-18)20(24)27-14-19(23)21-9-3-4-10-21/h5-8,15-16H,3-4,9-14H2,1-2H3/t15-,16+. The molecule has 0 aliphatic carbocycles. The van der Waals surface area contributed by atoms with Crippen molar-refractivity contribution in [2.24, 2.45) is 11.8 Å². The Morgan fingerprint density at radius 3 is 2.18 bits per heavy atom. The summed E-state index contributed by atoms with van der Waals surface area (Å²) in [6.07, 6.45) is 2.97. The van der Waals surface area contributed by atoms with E-state index in [1.807, 2.05) is 0 Å². The molecule has 28 heavy (non-hydrogen) atoms. The van der Waals surface area contributed by atoms with E-state index in [9.17, 15) is 18.0 Å². The highest BCUT2D eigenvalue weighted by molar-refractivity contribution is 7.89. The van der Waals surface area contributed by atoms with Crippen LogP contribution < -0.4 is 0 Å². The molecule has 1 aromatic carbocycles. The first-order valence-corrected chi connectivity index (χ1v) is 11.3. The van der Waals surface area contributed by atoms with E-state index < -0.39 is 16.0 Å². The van der Waals surface area contributed by atoms with Crippen molar-refractivity contribution in [2.45, 2.75) is 38.0 Å². The molecule has 0 bridgehead atoms. The number of sulfonamides is 1. The van der Waals surface area contributed by atoms with Crippen LogP contribution >= 0.6 is 0 Å². The third-order valence-corrected chi connectivity index (χ3v) is 7.19. The summed E-state index contributed by atoms with van der Waals surface area (Å²) in [6, 6.07) is 5.73. The van der Waals surface area contributed by atoms with Gasteiger partial charge < -0.3 is 9.64 Å². The molecule has 0 spiro atoms. The average Bonchev–Trinajstić information content (AvgIpc) is 3.20. The number of hydrogen-bond donors (Lipinski definition) is 0. The van der Waals surface area contributed by atoms with Gasteiger partial charge in [0.05, 0.1) is 10.5 Å². The Labute approximate surface area is 166 Å². The van der Waals surface area contributed by atoms with Gasteiger partial charge in [0, 0.05) is 26.2 Å². The summed E-state index contributed by atoms with van der Waals surface area (Å²) in [6.45, 7) is 6.25. The minimum atomic E-state index is -3.59. The molecule has 0 unspecified atom stereocenters. The van der Waals surface area contributed by atoms with Gasteiger partial charge in [-0.3, -0.25) is 4.79 Å². The van der Waals surface area contributed by atoms with Gasteiger partial charge in [0.2, 0.25) is 10.0 Å². The number of carbonyl (C=O) groups excluding carboxylic acids is 2. The molecule has 2 saturated heterocycles. The molecule has 7 nitrogen and oxygen atoms in total. The Morgan fingerprint density at radius 2 is 1.61 bits per heavy atom. The van der Waals surface area contributed by atoms with Crippen LogP contribution in [0.5, 0.6) is 0 Å². The fraction of sp³-hybridized carbons (Fsp3) is 0.600. The molecule has 1 aromatic rings. The molecule has 0 saturated carbocycles. The normalized spacial score (nSPS) is 23.6. The molecule has 2 aliphatic heterocycles. The molecule has 3 rings (SSSR count). The monoisotopic (exact) mass is 408 g/mol. The largest absolute Gasteiger partial charge is 0.452 e. The Kier molecular flexibility index (Phi) is 6.40. The Bertz CT molecular complexity index is 806. The number of esters is 1. The molecule has 0 N–H and O–H groups in total. The zero-order chi connectivity index (χ0) is 20.3. The summed E-state index contributed by atoms with van der Waals surface area (Å²) in [5.41, 5.74) is 0.230. The number of carbonyl (C=O) groups is 2. The van der Waals surface area contributed by atoms with Crippen molar-refractivity contribution in [1.29, 1.82) is 0 Å². The van der Waals surface area contributed by atoms with Crippen LogP contribution in [0.3, 0.4) is 0 Å². The van der Waals surface area contributed by atoms with Crippen LogP contribution in [0.15, 0.2) is 29.2 Å². The molecule has 154 valence electrons. The van der Waals surface area contributed by atoms with Crippen molar-refractivity contribution in [3.05, 3.63) is 29.8 Å². The lowest BCUT2D eigenvalue weighted by Crippen LogP contribution is -2.42. The van der Waals surface area contributed by atoms with E-state index in [0.29, 0.717) is 38.0 Å². The minimum absolute atomic E-state index is 0.165. The van der Waals surface area contributed by atoms with Crippen molar-refractivity contribution in [1.82, 2.24) is 9.21 Å². The summed E-state index contributed by atoms with van der Waals surface area (Å²) in [5, 5.41) is 0. The van der Waals surface area contributed by atoms with Gasteiger partial charge in [-0.15, -0.1) is 0 Å². The minimum Gasteiger partial charge on any atom is -0.452 e. The Morgan fingerprint density at radius 1 is 1.04 bits per heavy atom. The predicted octanol–water partition coefficient (Wildman–Crippen LogP) is 2.13. The van der Waals surface area contributed by atoms with Crippen LogP contribution in [-0.4, -0.2) is 62.3 Å². The lowest BCUT2D eigenvalue weighted by molar-refractivity contribution is -0.133. The number of piperidine rings is 1. The topological polar surface area (TPSA) is 84.0 Å². The summed E-state index contributed by atoms with van der Waals surface area (Å²) in [4.78, 5) is 26.0. The highest BCUT2D eigenvalue weighted by atomic mass is 32.2. The highest BCUT2D eigenvalue weighted by Gasteiger charge is 2.31. The number of likely N-dealkylation sites (tertiary alicyclic amines) is 1. The Balaban J connectivity index is 1.62. The van der Waals surface area contributed by atoms with Crippen LogP contribution in [-0.2, 0) is 19.6 Å². The van der Waals surface area contributed by atoms with E-state index in [1.165, 1.54) is 28.6 Å². The molecule has 1 amide bonds. The Hall–Kier alpha value is -1.93. The summed E-state index contributed by atoms with van der Waals surface area (Å²) < 4.78 is 32.4.